The maximum absolute atomic E-state index is 5.95. The summed E-state index contributed by atoms with van der Waals surface area (Å²) >= 11 is 0. The molecule has 0 atom stereocenters. The van der Waals surface area contributed by atoms with Crippen molar-refractivity contribution in [2.45, 2.75) is 38.8 Å². The molecule has 106 valence electrons. The number of hydrogen-bond donors (Lipinski definition) is 1. The Balaban J connectivity index is 2.14. The van der Waals surface area contributed by atoms with E-state index in [4.69, 9.17) is 15.2 Å². The number of nitrogens with zero attached hydrogens (tertiary/aromatic N) is 1. The van der Waals surface area contributed by atoms with Gasteiger partial charge < -0.3 is 20.1 Å². The molecule has 1 aromatic rings. The Morgan fingerprint density at radius 3 is 2.63 bits per heavy atom. The molecule has 1 heterocycles. The molecule has 1 aliphatic rings. The molecule has 0 bridgehead atoms. The van der Waals surface area contributed by atoms with Gasteiger partial charge in [-0.15, -0.1) is 0 Å². The predicted octanol–water partition coefficient (Wildman–Crippen LogP) is 2.67. The van der Waals surface area contributed by atoms with Crippen molar-refractivity contribution in [3.8, 4) is 5.75 Å². The lowest BCUT2D eigenvalue weighted by molar-refractivity contribution is 0.0855. The quantitative estimate of drug-likeness (QED) is 0.849. The fourth-order valence-electron chi connectivity index (χ4n) is 2.38. The lowest BCUT2D eigenvalue weighted by Crippen LogP contribution is -2.36. The summed E-state index contributed by atoms with van der Waals surface area (Å²) in [6.07, 6.45) is 2.27. The van der Waals surface area contributed by atoms with Crippen LogP contribution in [0.15, 0.2) is 18.2 Å². The molecule has 1 aromatic carbocycles. The normalized spacial score (nSPS) is 16.6. The number of ether oxygens (including phenoxy) is 2. The van der Waals surface area contributed by atoms with Gasteiger partial charge in [0, 0.05) is 38.1 Å². The molecule has 4 heteroatoms. The van der Waals surface area contributed by atoms with Crippen LogP contribution in [0.3, 0.4) is 0 Å². The highest BCUT2D eigenvalue weighted by molar-refractivity contribution is 5.62. The number of nitrogen functional groups attached to an aromatic ring is 1. The van der Waals surface area contributed by atoms with E-state index in [-0.39, 0.29) is 6.10 Å². The van der Waals surface area contributed by atoms with Gasteiger partial charge in [-0.1, -0.05) is 0 Å². The van der Waals surface area contributed by atoms with Crippen LogP contribution in [0.25, 0.3) is 0 Å². The second-order valence-corrected chi connectivity index (χ2v) is 5.34. The molecule has 1 fully saturated rings. The predicted molar refractivity (Wildman–Crippen MR) is 78.9 cm³/mol. The molecule has 0 radical (unpaired) electrons. The van der Waals surface area contributed by atoms with E-state index in [0.29, 0.717) is 11.7 Å². The standard InChI is InChI=1S/C15H24N2O2/c1-11(2)19-15-10-13(4-5-14(15)16)17(3)12-6-8-18-9-7-12/h4-5,10-12H,6-9,16H2,1-3H3. The van der Waals surface area contributed by atoms with E-state index >= 15 is 0 Å². The highest BCUT2D eigenvalue weighted by Crippen LogP contribution is 2.30. The first kappa shape index (κ1) is 14.0. The molecular formula is C15H24N2O2. The van der Waals surface area contributed by atoms with E-state index in [2.05, 4.69) is 18.0 Å². The Bertz CT molecular complexity index is 415. The minimum absolute atomic E-state index is 0.130. The highest BCUT2D eigenvalue weighted by atomic mass is 16.5. The van der Waals surface area contributed by atoms with Crippen LogP contribution < -0.4 is 15.4 Å². The van der Waals surface area contributed by atoms with Crippen LogP contribution in [-0.4, -0.2) is 32.4 Å². The Morgan fingerprint density at radius 1 is 1.32 bits per heavy atom. The van der Waals surface area contributed by atoms with Crippen molar-refractivity contribution in [1.82, 2.24) is 0 Å². The summed E-state index contributed by atoms with van der Waals surface area (Å²) in [5, 5.41) is 0. The fourth-order valence-corrected chi connectivity index (χ4v) is 2.38. The minimum Gasteiger partial charge on any atom is -0.489 e. The molecular weight excluding hydrogens is 240 g/mol. The molecule has 0 spiro atoms. The van der Waals surface area contributed by atoms with Crippen LogP contribution in [0.4, 0.5) is 11.4 Å². The molecule has 0 aromatic heterocycles. The molecule has 0 aliphatic carbocycles. The van der Waals surface area contributed by atoms with E-state index in [9.17, 15) is 0 Å². The number of nitrogens with two attached hydrogens (primary N) is 1. The Kier molecular flexibility index (Phi) is 4.53. The lowest BCUT2D eigenvalue weighted by atomic mass is 10.1. The average molecular weight is 264 g/mol. The maximum Gasteiger partial charge on any atom is 0.144 e. The number of rotatable bonds is 4. The van der Waals surface area contributed by atoms with Gasteiger partial charge in [0.1, 0.15) is 5.75 Å². The van der Waals surface area contributed by atoms with E-state index in [1.54, 1.807) is 0 Å². The molecule has 0 unspecified atom stereocenters. The average Bonchev–Trinajstić information content (AvgIpc) is 2.41. The third-order valence-electron chi connectivity index (χ3n) is 3.51. The van der Waals surface area contributed by atoms with Gasteiger partial charge >= 0.3 is 0 Å². The monoisotopic (exact) mass is 264 g/mol. The molecule has 1 saturated heterocycles. The molecule has 0 amide bonds. The molecule has 1 aliphatic heterocycles. The van der Waals surface area contributed by atoms with Crippen molar-refractivity contribution in [2.24, 2.45) is 0 Å². The summed E-state index contributed by atoms with van der Waals surface area (Å²) < 4.78 is 11.2. The van der Waals surface area contributed by atoms with Crippen molar-refractivity contribution in [1.29, 1.82) is 0 Å². The van der Waals surface area contributed by atoms with Gasteiger partial charge in [0.2, 0.25) is 0 Å². The zero-order valence-electron chi connectivity index (χ0n) is 12.1. The van der Waals surface area contributed by atoms with E-state index in [1.807, 2.05) is 26.0 Å². The van der Waals surface area contributed by atoms with E-state index in [1.165, 1.54) is 0 Å². The van der Waals surface area contributed by atoms with Gasteiger partial charge in [-0.25, -0.2) is 0 Å². The minimum atomic E-state index is 0.130. The van der Waals surface area contributed by atoms with Crippen LogP contribution in [-0.2, 0) is 4.74 Å². The Hall–Kier alpha value is -1.42. The Labute approximate surface area is 115 Å². The van der Waals surface area contributed by atoms with Gasteiger partial charge in [0.15, 0.2) is 0 Å². The smallest absolute Gasteiger partial charge is 0.144 e. The molecule has 4 nitrogen and oxygen atoms in total. The summed E-state index contributed by atoms with van der Waals surface area (Å²) in [5.74, 6) is 0.770. The van der Waals surface area contributed by atoms with E-state index < -0.39 is 0 Å². The zero-order chi connectivity index (χ0) is 13.8. The fraction of sp³-hybridized carbons (Fsp3) is 0.600. The molecule has 19 heavy (non-hydrogen) atoms. The summed E-state index contributed by atoms with van der Waals surface area (Å²) in [7, 11) is 2.13. The summed E-state index contributed by atoms with van der Waals surface area (Å²) in [5.41, 5.74) is 7.80. The van der Waals surface area contributed by atoms with Crippen molar-refractivity contribution >= 4 is 11.4 Å². The van der Waals surface area contributed by atoms with E-state index in [0.717, 1.165) is 37.5 Å². The number of hydrogen-bond acceptors (Lipinski definition) is 4. The topological polar surface area (TPSA) is 47.7 Å². The number of benzene rings is 1. The number of anilines is 2. The second kappa shape index (κ2) is 6.15. The van der Waals surface area contributed by atoms with Gasteiger partial charge in [-0.05, 0) is 38.8 Å². The first-order chi connectivity index (χ1) is 9.08. The van der Waals surface area contributed by atoms with Crippen LogP contribution in [0.1, 0.15) is 26.7 Å². The summed E-state index contributed by atoms with van der Waals surface area (Å²) in [6.45, 7) is 5.71. The second-order valence-electron chi connectivity index (χ2n) is 5.34. The van der Waals surface area contributed by atoms with Crippen LogP contribution in [0.5, 0.6) is 5.75 Å². The lowest BCUT2D eigenvalue weighted by Gasteiger charge is -2.33. The third-order valence-corrected chi connectivity index (χ3v) is 3.51. The van der Waals surface area contributed by atoms with Crippen LogP contribution in [0, 0.1) is 0 Å². The highest BCUT2D eigenvalue weighted by Gasteiger charge is 2.19. The largest absolute Gasteiger partial charge is 0.489 e. The van der Waals surface area contributed by atoms with Crippen molar-refractivity contribution in [3.05, 3.63) is 18.2 Å². The summed E-state index contributed by atoms with van der Waals surface area (Å²) in [4.78, 5) is 2.30. The SMILES string of the molecule is CC(C)Oc1cc(N(C)C2CCOCC2)ccc1N. The molecule has 0 saturated carbocycles. The van der Waals surface area contributed by atoms with Gasteiger partial charge in [0.05, 0.1) is 11.8 Å². The van der Waals surface area contributed by atoms with Gasteiger partial charge in [-0.3, -0.25) is 0 Å². The molecule has 2 rings (SSSR count). The zero-order valence-corrected chi connectivity index (χ0v) is 12.1. The van der Waals surface area contributed by atoms with Gasteiger partial charge in [0.25, 0.3) is 0 Å². The first-order valence-electron chi connectivity index (χ1n) is 6.94. The van der Waals surface area contributed by atoms with Gasteiger partial charge in [-0.2, -0.15) is 0 Å². The van der Waals surface area contributed by atoms with Crippen molar-refractivity contribution < 1.29 is 9.47 Å². The van der Waals surface area contributed by atoms with Crippen molar-refractivity contribution in [3.63, 3.8) is 0 Å². The third kappa shape index (κ3) is 3.53. The Morgan fingerprint density at radius 2 is 2.00 bits per heavy atom. The van der Waals surface area contributed by atoms with Crippen LogP contribution >= 0.6 is 0 Å². The maximum atomic E-state index is 5.95. The van der Waals surface area contributed by atoms with Crippen LogP contribution in [0.2, 0.25) is 0 Å². The first-order valence-corrected chi connectivity index (χ1v) is 6.94. The summed E-state index contributed by atoms with van der Waals surface area (Å²) in [6, 6.07) is 6.54. The van der Waals surface area contributed by atoms with Crippen molar-refractivity contribution in [2.75, 3.05) is 30.9 Å². The molecule has 2 N–H and O–H groups in total.